The maximum atomic E-state index is 5.48. The van der Waals surface area contributed by atoms with Crippen molar-refractivity contribution < 1.29 is 9.47 Å². The monoisotopic (exact) mass is 238 g/mol. The molecule has 0 saturated heterocycles. The fourth-order valence-corrected chi connectivity index (χ4v) is 1.48. The third-order valence-electron chi connectivity index (χ3n) is 2.50. The Morgan fingerprint density at radius 1 is 1.41 bits per heavy atom. The first-order valence-electron chi connectivity index (χ1n) is 6.09. The molecule has 0 aliphatic heterocycles. The number of hydrogen-bond acceptors (Lipinski definition) is 4. The maximum absolute atomic E-state index is 5.48. The van der Waals surface area contributed by atoms with Gasteiger partial charge in [-0.1, -0.05) is 6.92 Å². The number of hydrogen-bond donors (Lipinski definition) is 1. The second-order valence-electron chi connectivity index (χ2n) is 3.94. The number of ether oxygens (including phenoxy) is 2. The van der Waals surface area contributed by atoms with Gasteiger partial charge in [0.2, 0.25) is 5.88 Å². The molecule has 0 amide bonds. The second-order valence-corrected chi connectivity index (χ2v) is 3.94. The van der Waals surface area contributed by atoms with Gasteiger partial charge in [0.25, 0.3) is 0 Å². The maximum Gasteiger partial charge on any atom is 0.213 e. The van der Waals surface area contributed by atoms with Crippen molar-refractivity contribution in [1.29, 1.82) is 0 Å². The van der Waals surface area contributed by atoms with Crippen molar-refractivity contribution in [2.24, 2.45) is 0 Å². The highest BCUT2D eigenvalue weighted by Crippen LogP contribution is 2.16. The fourth-order valence-electron chi connectivity index (χ4n) is 1.48. The van der Waals surface area contributed by atoms with Crippen molar-refractivity contribution in [3.8, 4) is 5.88 Å². The van der Waals surface area contributed by atoms with Gasteiger partial charge in [-0.25, -0.2) is 4.98 Å². The summed E-state index contributed by atoms with van der Waals surface area (Å²) in [6.07, 6.45) is 2.91. The van der Waals surface area contributed by atoms with E-state index in [0.717, 1.165) is 13.0 Å². The van der Waals surface area contributed by atoms with Crippen LogP contribution in [0.4, 0.5) is 0 Å². The quantitative estimate of drug-likeness (QED) is 0.705. The normalized spacial score (nSPS) is 12.4. The summed E-state index contributed by atoms with van der Waals surface area (Å²) < 4.78 is 10.4. The van der Waals surface area contributed by atoms with E-state index in [4.69, 9.17) is 9.47 Å². The minimum atomic E-state index is 0.322. The molecule has 0 saturated carbocycles. The van der Waals surface area contributed by atoms with E-state index in [2.05, 4.69) is 24.1 Å². The molecule has 1 unspecified atom stereocenters. The Hall–Kier alpha value is -1.13. The zero-order valence-corrected chi connectivity index (χ0v) is 10.9. The predicted molar refractivity (Wildman–Crippen MR) is 68.3 cm³/mol. The van der Waals surface area contributed by atoms with E-state index in [1.54, 1.807) is 13.3 Å². The molecule has 17 heavy (non-hydrogen) atoms. The summed E-state index contributed by atoms with van der Waals surface area (Å²) in [5.41, 5.74) is 1.20. The van der Waals surface area contributed by atoms with Crippen LogP contribution in [-0.4, -0.2) is 31.9 Å². The number of nitrogens with zero attached hydrogens (tertiary/aromatic N) is 1. The summed E-state index contributed by atoms with van der Waals surface area (Å²) in [5.74, 6) is 0.657. The first kappa shape index (κ1) is 13.9. The Kier molecular flexibility index (Phi) is 6.58. The van der Waals surface area contributed by atoms with E-state index < -0.39 is 0 Å². The lowest BCUT2D eigenvalue weighted by Gasteiger charge is -2.14. The van der Waals surface area contributed by atoms with Gasteiger partial charge < -0.3 is 14.8 Å². The molecule has 0 aromatic carbocycles. The van der Waals surface area contributed by atoms with Crippen molar-refractivity contribution in [3.63, 3.8) is 0 Å². The molecule has 4 nitrogen and oxygen atoms in total. The lowest BCUT2D eigenvalue weighted by atomic mass is 10.1. The third kappa shape index (κ3) is 5.15. The molecule has 0 aliphatic carbocycles. The number of rotatable bonds is 8. The Morgan fingerprint density at radius 3 is 2.94 bits per heavy atom. The van der Waals surface area contributed by atoms with E-state index in [9.17, 15) is 0 Å². The van der Waals surface area contributed by atoms with E-state index in [1.807, 2.05) is 12.1 Å². The molecule has 0 spiro atoms. The zero-order valence-electron chi connectivity index (χ0n) is 10.9. The van der Waals surface area contributed by atoms with E-state index in [1.165, 1.54) is 5.56 Å². The first-order chi connectivity index (χ1) is 8.27. The van der Waals surface area contributed by atoms with Gasteiger partial charge in [0, 0.05) is 25.4 Å². The average Bonchev–Trinajstić information content (AvgIpc) is 2.36. The van der Waals surface area contributed by atoms with Gasteiger partial charge in [0.15, 0.2) is 0 Å². The standard InChI is InChI=1S/C13H22N2O2/c1-4-6-14-11(2)12-5-7-15-13(10-12)17-9-8-16-3/h5,7,10-11,14H,4,6,8-9H2,1-3H3. The molecule has 1 rings (SSSR count). The molecule has 1 aromatic heterocycles. The van der Waals surface area contributed by atoms with Crippen molar-refractivity contribution in [2.45, 2.75) is 26.3 Å². The van der Waals surface area contributed by atoms with Crippen molar-refractivity contribution >= 4 is 0 Å². The SMILES string of the molecule is CCCNC(C)c1ccnc(OCCOC)c1. The van der Waals surface area contributed by atoms with Gasteiger partial charge in [0.05, 0.1) is 6.61 Å². The van der Waals surface area contributed by atoms with Crippen LogP contribution in [0.1, 0.15) is 31.9 Å². The predicted octanol–water partition coefficient (Wildman–Crippen LogP) is 2.17. The Labute approximate surface area is 103 Å². The largest absolute Gasteiger partial charge is 0.475 e. The molecule has 0 aliphatic rings. The molecule has 0 radical (unpaired) electrons. The molecule has 4 heteroatoms. The van der Waals surface area contributed by atoms with E-state index in [-0.39, 0.29) is 0 Å². The number of aromatic nitrogens is 1. The zero-order chi connectivity index (χ0) is 12.5. The van der Waals surface area contributed by atoms with Gasteiger partial charge in [-0.15, -0.1) is 0 Å². The van der Waals surface area contributed by atoms with Gasteiger partial charge in [-0.3, -0.25) is 0 Å². The van der Waals surface area contributed by atoms with Crippen LogP contribution in [0.2, 0.25) is 0 Å². The molecule has 96 valence electrons. The van der Waals surface area contributed by atoms with Crippen LogP contribution in [-0.2, 0) is 4.74 Å². The first-order valence-corrected chi connectivity index (χ1v) is 6.09. The summed E-state index contributed by atoms with van der Waals surface area (Å²) >= 11 is 0. The van der Waals surface area contributed by atoms with E-state index in [0.29, 0.717) is 25.1 Å². The van der Waals surface area contributed by atoms with Crippen LogP contribution in [0.3, 0.4) is 0 Å². The van der Waals surface area contributed by atoms with E-state index >= 15 is 0 Å². The summed E-state index contributed by atoms with van der Waals surface area (Å²) in [7, 11) is 1.66. The minimum absolute atomic E-state index is 0.322. The molecular formula is C13H22N2O2. The minimum Gasteiger partial charge on any atom is -0.475 e. The lowest BCUT2D eigenvalue weighted by Crippen LogP contribution is -2.19. The summed E-state index contributed by atoms with van der Waals surface area (Å²) in [6.45, 7) is 6.43. The highest BCUT2D eigenvalue weighted by molar-refractivity contribution is 5.23. The Bertz CT molecular complexity index is 318. The van der Waals surface area contributed by atoms with Crippen LogP contribution in [0.15, 0.2) is 18.3 Å². The molecule has 0 fully saturated rings. The van der Waals surface area contributed by atoms with Gasteiger partial charge in [-0.05, 0) is 31.5 Å². The third-order valence-corrected chi connectivity index (χ3v) is 2.50. The molecule has 1 N–H and O–H groups in total. The van der Waals surface area contributed by atoms with Crippen LogP contribution < -0.4 is 10.1 Å². The lowest BCUT2D eigenvalue weighted by molar-refractivity contribution is 0.143. The number of methoxy groups -OCH3 is 1. The molecule has 1 aromatic rings. The van der Waals surface area contributed by atoms with Crippen LogP contribution >= 0.6 is 0 Å². The van der Waals surface area contributed by atoms with Gasteiger partial charge >= 0.3 is 0 Å². The average molecular weight is 238 g/mol. The summed E-state index contributed by atoms with van der Waals surface area (Å²) in [5, 5.41) is 3.44. The van der Waals surface area contributed by atoms with Crippen LogP contribution in [0.25, 0.3) is 0 Å². The number of pyridine rings is 1. The summed E-state index contributed by atoms with van der Waals surface area (Å²) in [6, 6.07) is 4.31. The molecule has 1 atom stereocenters. The fraction of sp³-hybridized carbons (Fsp3) is 0.615. The number of nitrogens with one attached hydrogen (secondary N) is 1. The highest BCUT2D eigenvalue weighted by atomic mass is 16.5. The smallest absolute Gasteiger partial charge is 0.213 e. The van der Waals surface area contributed by atoms with Gasteiger partial charge in [0.1, 0.15) is 6.61 Å². The second kappa shape index (κ2) is 8.03. The molecular weight excluding hydrogens is 216 g/mol. The van der Waals surface area contributed by atoms with Crippen LogP contribution in [0.5, 0.6) is 5.88 Å². The van der Waals surface area contributed by atoms with Crippen LogP contribution in [0, 0.1) is 0 Å². The summed E-state index contributed by atoms with van der Waals surface area (Å²) in [4.78, 5) is 4.17. The van der Waals surface area contributed by atoms with Crippen molar-refractivity contribution in [2.75, 3.05) is 26.9 Å². The van der Waals surface area contributed by atoms with Crippen molar-refractivity contribution in [1.82, 2.24) is 10.3 Å². The molecule has 1 heterocycles. The Balaban J connectivity index is 2.52. The van der Waals surface area contributed by atoms with Gasteiger partial charge in [-0.2, -0.15) is 0 Å². The molecule has 0 bridgehead atoms. The van der Waals surface area contributed by atoms with Crippen molar-refractivity contribution in [3.05, 3.63) is 23.9 Å². The highest BCUT2D eigenvalue weighted by Gasteiger charge is 2.05. The Morgan fingerprint density at radius 2 is 2.24 bits per heavy atom. The topological polar surface area (TPSA) is 43.4 Å².